The lowest BCUT2D eigenvalue weighted by Gasteiger charge is -2.12. The summed E-state index contributed by atoms with van der Waals surface area (Å²) < 4.78 is 5.49. The Hall–Kier alpha value is -1.80. The van der Waals surface area contributed by atoms with Crippen molar-refractivity contribution in [3.8, 4) is 5.75 Å². The van der Waals surface area contributed by atoms with Gasteiger partial charge in [0.05, 0.1) is 7.11 Å². The van der Waals surface area contributed by atoms with Gasteiger partial charge in [0.25, 0.3) is 0 Å². The number of ether oxygens (including phenoxy) is 1. The maximum absolute atomic E-state index is 5.69. The molecule has 0 saturated heterocycles. The largest absolute Gasteiger partial charge is 0.496 e. The smallest absolute Gasteiger partial charge is 0.122 e. The van der Waals surface area contributed by atoms with Crippen molar-refractivity contribution in [3.05, 3.63) is 64.2 Å². The van der Waals surface area contributed by atoms with Crippen LogP contribution in [-0.4, -0.2) is 7.11 Å². The molecule has 2 heteroatoms. The summed E-state index contributed by atoms with van der Waals surface area (Å²) >= 11 is 0. The summed E-state index contributed by atoms with van der Waals surface area (Å²) in [6.07, 6.45) is 0.873. The van der Waals surface area contributed by atoms with E-state index in [0.29, 0.717) is 6.54 Å². The van der Waals surface area contributed by atoms with Crippen LogP contribution in [0.15, 0.2) is 36.4 Å². The van der Waals surface area contributed by atoms with Gasteiger partial charge in [0.2, 0.25) is 0 Å². The van der Waals surface area contributed by atoms with Gasteiger partial charge in [-0.05, 0) is 47.7 Å². The fraction of sp³-hybridized carbons (Fsp3) is 0.294. The van der Waals surface area contributed by atoms with Crippen molar-refractivity contribution in [2.45, 2.75) is 26.8 Å². The molecule has 2 aromatic rings. The Kier molecular flexibility index (Phi) is 4.23. The van der Waals surface area contributed by atoms with Crippen molar-refractivity contribution in [2.75, 3.05) is 7.11 Å². The average molecular weight is 255 g/mol. The molecule has 2 nitrogen and oxygen atoms in total. The van der Waals surface area contributed by atoms with Gasteiger partial charge in [-0.3, -0.25) is 0 Å². The van der Waals surface area contributed by atoms with Crippen LogP contribution in [0.5, 0.6) is 5.75 Å². The lowest BCUT2D eigenvalue weighted by Crippen LogP contribution is -1.99. The zero-order chi connectivity index (χ0) is 13.8. The minimum absolute atomic E-state index is 0.581. The van der Waals surface area contributed by atoms with Crippen molar-refractivity contribution >= 4 is 0 Å². The summed E-state index contributed by atoms with van der Waals surface area (Å²) in [4.78, 5) is 0. The Morgan fingerprint density at radius 3 is 2.37 bits per heavy atom. The second kappa shape index (κ2) is 5.89. The average Bonchev–Trinajstić information content (AvgIpc) is 2.43. The van der Waals surface area contributed by atoms with Gasteiger partial charge < -0.3 is 10.5 Å². The molecule has 0 aliphatic heterocycles. The first-order valence-electron chi connectivity index (χ1n) is 6.56. The zero-order valence-electron chi connectivity index (χ0n) is 11.9. The summed E-state index contributed by atoms with van der Waals surface area (Å²) in [5, 5.41) is 0. The zero-order valence-corrected chi connectivity index (χ0v) is 11.9. The molecule has 0 fully saturated rings. The molecule has 0 amide bonds. The van der Waals surface area contributed by atoms with E-state index in [1.807, 2.05) is 0 Å². The first kappa shape index (κ1) is 13.6. The molecule has 2 rings (SSSR count). The van der Waals surface area contributed by atoms with Crippen LogP contribution in [0.2, 0.25) is 0 Å². The van der Waals surface area contributed by atoms with Gasteiger partial charge >= 0.3 is 0 Å². The lowest BCUT2D eigenvalue weighted by molar-refractivity contribution is 0.410. The molecule has 2 aromatic carbocycles. The molecule has 0 atom stereocenters. The molecule has 0 saturated carbocycles. The number of methoxy groups -OCH3 is 1. The van der Waals surface area contributed by atoms with E-state index in [-0.39, 0.29) is 0 Å². The van der Waals surface area contributed by atoms with E-state index in [2.05, 4.69) is 50.2 Å². The number of rotatable bonds is 4. The van der Waals surface area contributed by atoms with Crippen molar-refractivity contribution in [2.24, 2.45) is 5.73 Å². The van der Waals surface area contributed by atoms with Crippen LogP contribution < -0.4 is 10.5 Å². The van der Waals surface area contributed by atoms with E-state index in [1.165, 1.54) is 27.8 Å². The first-order valence-corrected chi connectivity index (χ1v) is 6.56. The third-order valence-electron chi connectivity index (χ3n) is 3.52. The Balaban J connectivity index is 2.34. The van der Waals surface area contributed by atoms with Crippen LogP contribution >= 0.6 is 0 Å². The molecule has 0 aliphatic carbocycles. The number of hydrogen-bond acceptors (Lipinski definition) is 2. The minimum atomic E-state index is 0.581. The summed E-state index contributed by atoms with van der Waals surface area (Å²) in [5.41, 5.74) is 11.9. The summed E-state index contributed by atoms with van der Waals surface area (Å²) in [7, 11) is 1.73. The molecule has 19 heavy (non-hydrogen) atoms. The van der Waals surface area contributed by atoms with E-state index in [1.54, 1.807) is 7.11 Å². The number of hydrogen-bond donors (Lipinski definition) is 1. The van der Waals surface area contributed by atoms with Crippen LogP contribution in [0.4, 0.5) is 0 Å². The topological polar surface area (TPSA) is 35.2 Å². The highest BCUT2D eigenvalue weighted by Gasteiger charge is 2.07. The van der Waals surface area contributed by atoms with Crippen molar-refractivity contribution in [1.29, 1.82) is 0 Å². The Labute approximate surface area is 115 Å². The fourth-order valence-corrected chi connectivity index (χ4v) is 2.26. The first-order chi connectivity index (χ1) is 9.13. The van der Waals surface area contributed by atoms with E-state index < -0.39 is 0 Å². The standard InChI is InChI=1S/C17H21NO/c1-12-7-16(17(19-3)8-13(12)2)10-14-5-4-6-15(9-14)11-18/h4-9H,10-11,18H2,1-3H3. The number of nitrogens with two attached hydrogens (primary N) is 1. The molecule has 100 valence electrons. The quantitative estimate of drug-likeness (QED) is 0.909. The van der Waals surface area contributed by atoms with Crippen molar-refractivity contribution in [3.63, 3.8) is 0 Å². The van der Waals surface area contributed by atoms with Crippen LogP contribution in [0.1, 0.15) is 27.8 Å². The monoisotopic (exact) mass is 255 g/mol. The molecule has 2 N–H and O–H groups in total. The second-order valence-corrected chi connectivity index (χ2v) is 4.95. The summed E-state index contributed by atoms with van der Waals surface area (Å²) in [6.45, 7) is 4.82. The van der Waals surface area contributed by atoms with E-state index in [0.717, 1.165) is 12.2 Å². The maximum Gasteiger partial charge on any atom is 0.122 e. The highest BCUT2D eigenvalue weighted by atomic mass is 16.5. The molecule has 0 spiro atoms. The van der Waals surface area contributed by atoms with Crippen LogP contribution in [-0.2, 0) is 13.0 Å². The van der Waals surface area contributed by atoms with E-state index in [9.17, 15) is 0 Å². The van der Waals surface area contributed by atoms with Gasteiger partial charge in [-0.25, -0.2) is 0 Å². The van der Waals surface area contributed by atoms with Crippen molar-refractivity contribution < 1.29 is 4.74 Å². The Morgan fingerprint density at radius 2 is 1.68 bits per heavy atom. The minimum Gasteiger partial charge on any atom is -0.496 e. The molecule has 0 bridgehead atoms. The second-order valence-electron chi connectivity index (χ2n) is 4.95. The van der Waals surface area contributed by atoms with Gasteiger partial charge in [-0.15, -0.1) is 0 Å². The lowest BCUT2D eigenvalue weighted by atomic mass is 9.98. The van der Waals surface area contributed by atoms with Crippen LogP contribution in [0.3, 0.4) is 0 Å². The summed E-state index contributed by atoms with van der Waals surface area (Å²) in [6, 6.07) is 12.7. The molecule has 0 heterocycles. The molecule has 0 aliphatic rings. The fourth-order valence-electron chi connectivity index (χ4n) is 2.26. The number of aryl methyl sites for hydroxylation is 2. The van der Waals surface area contributed by atoms with Crippen LogP contribution in [0, 0.1) is 13.8 Å². The Morgan fingerprint density at radius 1 is 1.00 bits per heavy atom. The van der Waals surface area contributed by atoms with E-state index >= 15 is 0 Å². The molecular formula is C17H21NO. The molecule has 0 unspecified atom stereocenters. The van der Waals surface area contributed by atoms with E-state index in [4.69, 9.17) is 10.5 Å². The molecule has 0 radical (unpaired) electrons. The summed E-state index contributed by atoms with van der Waals surface area (Å²) in [5.74, 6) is 0.959. The van der Waals surface area contributed by atoms with Crippen LogP contribution in [0.25, 0.3) is 0 Å². The van der Waals surface area contributed by atoms with Gasteiger partial charge in [-0.1, -0.05) is 30.3 Å². The van der Waals surface area contributed by atoms with Gasteiger partial charge in [0.1, 0.15) is 5.75 Å². The van der Waals surface area contributed by atoms with Gasteiger partial charge in [0.15, 0.2) is 0 Å². The van der Waals surface area contributed by atoms with Gasteiger partial charge in [-0.2, -0.15) is 0 Å². The highest BCUT2D eigenvalue weighted by molar-refractivity contribution is 5.44. The third kappa shape index (κ3) is 3.15. The van der Waals surface area contributed by atoms with Gasteiger partial charge in [0, 0.05) is 13.0 Å². The van der Waals surface area contributed by atoms with Crippen molar-refractivity contribution in [1.82, 2.24) is 0 Å². The Bertz CT molecular complexity index is 575. The third-order valence-corrected chi connectivity index (χ3v) is 3.52. The highest BCUT2D eigenvalue weighted by Crippen LogP contribution is 2.25. The SMILES string of the molecule is COc1cc(C)c(C)cc1Cc1cccc(CN)c1. The number of benzene rings is 2. The normalized spacial score (nSPS) is 10.5. The molecular weight excluding hydrogens is 234 g/mol. The predicted octanol–water partition coefficient (Wildman–Crippen LogP) is 3.36. The molecule has 0 aromatic heterocycles. The predicted molar refractivity (Wildman–Crippen MR) is 79.6 cm³/mol. The maximum atomic E-state index is 5.69.